The fraction of sp³-hybridized carbons (Fsp3) is 0.467. The summed E-state index contributed by atoms with van der Waals surface area (Å²) in [7, 11) is 2.02. The number of hydrogen-bond donors (Lipinski definition) is 1. The standard InChI is InChI=1S/C15H26N2O3Si/c1-5-14-8-6-9-15(12-14)13-17(11-7-10-16)21(18-2,19-3)20-4/h5-6,8-9,12H,1,7,10-11,13,16H2,2-4H3. The minimum absolute atomic E-state index is 0.616. The molecule has 0 bridgehead atoms. The Morgan fingerprint density at radius 1 is 1.24 bits per heavy atom. The van der Waals surface area contributed by atoms with Crippen LogP contribution in [0.2, 0.25) is 0 Å². The summed E-state index contributed by atoms with van der Waals surface area (Å²) < 4.78 is 18.9. The lowest BCUT2D eigenvalue weighted by molar-refractivity contribution is 0.0542. The van der Waals surface area contributed by atoms with E-state index in [1.165, 1.54) is 0 Å². The molecule has 0 unspecified atom stereocenters. The zero-order valence-electron chi connectivity index (χ0n) is 13.2. The van der Waals surface area contributed by atoms with Gasteiger partial charge in [-0.1, -0.05) is 36.9 Å². The Bertz CT molecular complexity index is 430. The molecule has 1 aromatic rings. The highest BCUT2D eigenvalue weighted by Gasteiger charge is 2.46. The van der Waals surface area contributed by atoms with Gasteiger partial charge in [0.2, 0.25) is 0 Å². The molecule has 0 saturated heterocycles. The van der Waals surface area contributed by atoms with Crippen LogP contribution in [0.1, 0.15) is 17.5 Å². The Morgan fingerprint density at radius 3 is 2.43 bits per heavy atom. The summed E-state index contributed by atoms with van der Waals surface area (Å²) >= 11 is 0. The molecule has 0 spiro atoms. The summed E-state index contributed by atoms with van der Waals surface area (Å²) in [6, 6.07) is 8.21. The summed E-state index contributed by atoms with van der Waals surface area (Å²) in [5.41, 5.74) is 7.88. The number of rotatable bonds is 10. The third-order valence-corrected chi connectivity index (χ3v) is 6.06. The Hall–Kier alpha value is -1.02. The minimum Gasteiger partial charge on any atom is -0.364 e. The van der Waals surface area contributed by atoms with E-state index in [1.807, 2.05) is 18.2 Å². The highest BCUT2D eigenvalue weighted by molar-refractivity contribution is 6.57. The van der Waals surface area contributed by atoms with Gasteiger partial charge in [-0.2, -0.15) is 0 Å². The minimum atomic E-state index is -2.84. The number of nitrogens with two attached hydrogens (primary N) is 1. The van der Waals surface area contributed by atoms with Gasteiger partial charge < -0.3 is 19.0 Å². The maximum Gasteiger partial charge on any atom is 0.599 e. The van der Waals surface area contributed by atoms with E-state index < -0.39 is 8.97 Å². The summed E-state index contributed by atoms with van der Waals surface area (Å²) in [4.78, 5) is 0. The Balaban J connectivity index is 2.98. The third-order valence-electron chi connectivity index (χ3n) is 3.35. The second-order valence-corrected chi connectivity index (χ2v) is 7.55. The van der Waals surface area contributed by atoms with Gasteiger partial charge in [-0.25, -0.2) is 0 Å². The van der Waals surface area contributed by atoms with Crippen LogP contribution in [0, 0.1) is 0 Å². The smallest absolute Gasteiger partial charge is 0.364 e. The number of nitrogens with zero attached hydrogens (tertiary/aromatic N) is 1. The molecule has 0 aromatic heterocycles. The highest BCUT2D eigenvalue weighted by atomic mass is 28.4. The van der Waals surface area contributed by atoms with E-state index in [-0.39, 0.29) is 0 Å². The second-order valence-electron chi connectivity index (χ2n) is 4.65. The van der Waals surface area contributed by atoms with Crippen LogP contribution in [-0.2, 0) is 19.8 Å². The summed E-state index contributed by atoms with van der Waals surface area (Å²) in [5, 5.41) is 0. The lowest BCUT2D eigenvalue weighted by Gasteiger charge is -2.35. The fourth-order valence-electron chi connectivity index (χ4n) is 2.27. The van der Waals surface area contributed by atoms with E-state index in [2.05, 4.69) is 23.3 Å². The molecule has 0 fully saturated rings. The van der Waals surface area contributed by atoms with Gasteiger partial charge in [-0.15, -0.1) is 0 Å². The van der Waals surface area contributed by atoms with Gasteiger partial charge in [-0.3, -0.25) is 4.57 Å². The molecular weight excluding hydrogens is 284 g/mol. The van der Waals surface area contributed by atoms with Crippen LogP contribution in [0.3, 0.4) is 0 Å². The van der Waals surface area contributed by atoms with Crippen LogP contribution in [0.15, 0.2) is 30.8 Å². The molecule has 5 nitrogen and oxygen atoms in total. The van der Waals surface area contributed by atoms with E-state index in [0.717, 1.165) is 24.1 Å². The molecule has 0 amide bonds. The molecule has 0 saturated carbocycles. The van der Waals surface area contributed by atoms with Crippen LogP contribution in [0.4, 0.5) is 0 Å². The Morgan fingerprint density at radius 2 is 1.90 bits per heavy atom. The van der Waals surface area contributed by atoms with Crippen molar-refractivity contribution in [3.8, 4) is 0 Å². The molecule has 2 N–H and O–H groups in total. The Kier molecular flexibility index (Phi) is 7.80. The van der Waals surface area contributed by atoms with Crippen molar-refractivity contribution < 1.29 is 13.3 Å². The third kappa shape index (κ3) is 4.74. The van der Waals surface area contributed by atoms with Crippen LogP contribution in [0.5, 0.6) is 0 Å². The van der Waals surface area contributed by atoms with Gasteiger partial charge in [0.05, 0.1) is 0 Å². The highest BCUT2D eigenvalue weighted by Crippen LogP contribution is 2.18. The predicted molar refractivity (Wildman–Crippen MR) is 87.4 cm³/mol. The van der Waals surface area contributed by atoms with Crippen LogP contribution >= 0.6 is 0 Å². The first-order valence-corrected chi connectivity index (χ1v) is 8.65. The van der Waals surface area contributed by atoms with Crippen molar-refractivity contribution in [2.75, 3.05) is 34.4 Å². The van der Waals surface area contributed by atoms with Crippen LogP contribution in [-0.4, -0.2) is 48.0 Å². The van der Waals surface area contributed by atoms with Crippen molar-refractivity contribution in [3.05, 3.63) is 42.0 Å². The first-order chi connectivity index (χ1) is 10.2. The topological polar surface area (TPSA) is 57.0 Å². The van der Waals surface area contributed by atoms with Gasteiger partial charge >= 0.3 is 8.97 Å². The maximum absolute atomic E-state index is 5.64. The molecule has 0 atom stereocenters. The first-order valence-electron chi connectivity index (χ1n) is 6.97. The zero-order chi connectivity index (χ0) is 15.7. The molecule has 1 rings (SSSR count). The molecular formula is C15H26N2O3Si. The summed E-state index contributed by atoms with van der Waals surface area (Å²) in [6.45, 7) is 5.86. The van der Waals surface area contributed by atoms with Gasteiger partial charge in [0.25, 0.3) is 0 Å². The lowest BCUT2D eigenvalue weighted by Crippen LogP contribution is -2.59. The van der Waals surface area contributed by atoms with Crippen molar-refractivity contribution in [2.24, 2.45) is 5.73 Å². The average molecular weight is 310 g/mol. The van der Waals surface area contributed by atoms with Crippen molar-refractivity contribution in [1.82, 2.24) is 4.57 Å². The molecule has 21 heavy (non-hydrogen) atoms. The van der Waals surface area contributed by atoms with Crippen LogP contribution in [0.25, 0.3) is 6.08 Å². The lowest BCUT2D eigenvalue weighted by atomic mass is 10.1. The molecule has 0 heterocycles. The molecule has 1 aromatic carbocycles. The molecule has 6 heteroatoms. The molecule has 0 aliphatic carbocycles. The van der Waals surface area contributed by atoms with E-state index in [4.69, 9.17) is 19.0 Å². The molecule has 0 aliphatic rings. The van der Waals surface area contributed by atoms with Crippen molar-refractivity contribution in [2.45, 2.75) is 13.0 Å². The maximum atomic E-state index is 5.64. The molecule has 118 valence electrons. The number of hydrogen-bond acceptors (Lipinski definition) is 5. The zero-order valence-corrected chi connectivity index (χ0v) is 14.2. The number of benzene rings is 1. The SMILES string of the molecule is C=Cc1cccc(CN(CCCN)[Si](OC)(OC)OC)c1. The largest absolute Gasteiger partial charge is 0.599 e. The van der Waals surface area contributed by atoms with Crippen molar-refractivity contribution >= 4 is 15.0 Å². The van der Waals surface area contributed by atoms with E-state index in [0.29, 0.717) is 13.1 Å². The van der Waals surface area contributed by atoms with E-state index in [1.54, 1.807) is 21.3 Å². The molecule has 0 radical (unpaired) electrons. The van der Waals surface area contributed by atoms with Crippen molar-refractivity contribution in [3.63, 3.8) is 0 Å². The van der Waals surface area contributed by atoms with Gasteiger partial charge in [0.1, 0.15) is 0 Å². The normalized spacial score (nSPS) is 11.9. The quantitative estimate of drug-likeness (QED) is 0.669. The first kappa shape index (κ1) is 18.0. The summed E-state index contributed by atoms with van der Waals surface area (Å²) in [5.74, 6) is 0. The predicted octanol–water partition coefficient (Wildman–Crippen LogP) is 1.86. The summed E-state index contributed by atoms with van der Waals surface area (Å²) in [6.07, 6.45) is 2.69. The van der Waals surface area contributed by atoms with Gasteiger partial charge in [0.15, 0.2) is 0 Å². The average Bonchev–Trinajstić information content (AvgIpc) is 2.54. The second kappa shape index (κ2) is 9.09. The fourth-order valence-corrected chi connectivity index (χ4v) is 4.35. The van der Waals surface area contributed by atoms with E-state index in [9.17, 15) is 0 Å². The Labute approximate surface area is 128 Å². The monoisotopic (exact) mass is 310 g/mol. The van der Waals surface area contributed by atoms with Crippen LogP contribution < -0.4 is 5.73 Å². The van der Waals surface area contributed by atoms with Gasteiger partial charge in [-0.05, 0) is 30.6 Å². The van der Waals surface area contributed by atoms with Crippen molar-refractivity contribution in [1.29, 1.82) is 0 Å². The molecule has 0 aliphatic heterocycles. The van der Waals surface area contributed by atoms with Gasteiger partial charge in [0, 0.05) is 27.9 Å². The van der Waals surface area contributed by atoms with E-state index >= 15 is 0 Å².